The number of halogens is 1. The summed E-state index contributed by atoms with van der Waals surface area (Å²) in [4.78, 5) is 22.1. The van der Waals surface area contributed by atoms with E-state index in [9.17, 15) is 4.79 Å². The van der Waals surface area contributed by atoms with Gasteiger partial charge in [-0.05, 0) is 50.2 Å². The smallest absolute Gasteiger partial charge is 0.266 e. The summed E-state index contributed by atoms with van der Waals surface area (Å²) in [6.45, 7) is 7.38. The molecule has 6 nitrogen and oxygen atoms in total. The molecule has 1 saturated heterocycles. The van der Waals surface area contributed by atoms with Crippen LogP contribution in [0.4, 0.5) is 0 Å². The lowest BCUT2D eigenvalue weighted by Crippen LogP contribution is -2.55. The molecule has 0 N–H and O–H groups in total. The number of fused-ring (bicyclic) bond motifs is 1. The summed E-state index contributed by atoms with van der Waals surface area (Å²) in [6, 6.07) is 15.3. The number of hydrogen-bond donors (Lipinski definition) is 0. The molecule has 3 aromatic rings. The standard InChI is InChI=1S/C23H27ClN4O2/c1-23(2,30-18-10-8-17(24)9-11-18)22(29)28-14-12-27(13-15-28)16-21-25-19-6-4-5-7-20(19)26(21)3/h4-11H,12-16H2,1-3H3. The van der Waals surface area contributed by atoms with Crippen LogP contribution >= 0.6 is 11.6 Å². The van der Waals surface area contributed by atoms with Crippen molar-refractivity contribution < 1.29 is 9.53 Å². The molecule has 30 heavy (non-hydrogen) atoms. The minimum Gasteiger partial charge on any atom is -0.478 e. The molecule has 1 fully saturated rings. The number of rotatable bonds is 5. The van der Waals surface area contributed by atoms with Crippen molar-refractivity contribution in [3.05, 3.63) is 59.4 Å². The largest absolute Gasteiger partial charge is 0.478 e. The van der Waals surface area contributed by atoms with Gasteiger partial charge in [0.25, 0.3) is 5.91 Å². The minimum absolute atomic E-state index is 0.000157. The Morgan fingerprint density at radius 2 is 1.73 bits per heavy atom. The van der Waals surface area contributed by atoms with Gasteiger partial charge in [0, 0.05) is 38.2 Å². The highest BCUT2D eigenvalue weighted by Crippen LogP contribution is 2.23. The van der Waals surface area contributed by atoms with Crippen molar-refractivity contribution >= 4 is 28.5 Å². The van der Waals surface area contributed by atoms with Crippen molar-refractivity contribution in [2.45, 2.75) is 26.0 Å². The van der Waals surface area contributed by atoms with Gasteiger partial charge in [0.2, 0.25) is 0 Å². The molecule has 7 heteroatoms. The Morgan fingerprint density at radius 3 is 2.40 bits per heavy atom. The SMILES string of the molecule is Cn1c(CN2CCN(C(=O)C(C)(C)Oc3ccc(Cl)cc3)CC2)nc2ccccc21. The first-order valence-electron chi connectivity index (χ1n) is 10.2. The Bertz CT molecular complexity index is 1040. The van der Waals surface area contributed by atoms with E-state index in [1.54, 1.807) is 24.3 Å². The topological polar surface area (TPSA) is 50.6 Å². The molecule has 0 aliphatic carbocycles. The van der Waals surface area contributed by atoms with Crippen molar-refractivity contribution in [1.82, 2.24) is 19.4 Å². The number of benzene rings is 2. The predicted octanol–water partition coefficient (Wildman–Crippen LogP) is 3.73. The molecule has 0 radical (unpaired) electrons. The zero-order valence-corrected chi connectivity index (χ0v) is 18.4. The number of carbonyl (C=O) groups excluding carboxylic acids is 1. The van der Waals surface area contributed by atoms with Gasteiger partial charge in [-0.1, -0.05) is 23.7 Å². The molecule has 1 aliphatic rings. The van der Waals surface area contributed by atoms with Crippen LogP contribution in [0.3, 0.4) is 0 Å². The molecule has 1 amide bonds. The predicted molar refractivity (Wildman–Crippen MR) is 119 cm³/mol. The molecule has 4 rings (SSSR count). The van der Waals surface area contributed by atoms with Crippen LogP contribution in [-0.4, -0.2) is 57.0 Å². The molecule has 0 unspecified atom stereocenters. The minimum atomic E-state index is -0.937. The number of carbonyl (C=O) groups is 1. The van der Waals surface area contributed by atoms with Gasteiger partial charge < -0.3 is 14.2 Å². The lowest BCUT2D eigenvalue weighted by molar-refractivity contribution is -0.147. The molecule has 1 aliphatic heterocycles. The van der Waals surface area contributed by atoms with Gasteiger partial charge in [-0.2, -0.15) is 0 Å². The third-order valence-corrected chi connectivity index (χ3v) is 5.86. The summed E-state index contributed by atoms with van der Waals surface area (Å²) >= 11 is 5.93. The van der Waals surface area contributed by atoms with Crippen molar-refractivity contribution in [2.24, 2.45) is 7.05 Å². The molecule has 2 aromatic carbocycles. The average Bonchev–Trinajstić information content (AvgIpc) is 3.05. The normalized spacial score (nSPS) is 15.5. The van der Waals surface area contributed by atoms with Crippen LogP contribution in [0.1, 0.15) is 19.7 Å². The summed E-state index contributed by atoms with van der Waals surface area (Å²) in [6.07, 6.45) is 0. The number of nitrogens with zero attached hydrogens (tertiary/aromatic N) is 4. The fourth-order valence-electron chi connectivity index (χ4n) is 3.87. The number of imidazole rings is 1. The van der Waals surface area contributed by atoms with E-state index >= 15 is 0 Å². The van der Waals surface area contributed by atoms with E-state index in [-0.39, 0.29) is 5.91 Å². The Morgan fingerprint density at radius 1 is 1.07 bits per heavy atom. The maximum absolute atomic E-state index is 13.1. The van der Waals surface area contributed by atoms with Crippen LogP contribution in [0, 0.1) is 0 Å². The zero-order valence-electron chi connectivity index (χ0n) is 17.6. The van der Waals surface area contributed by atoms with Gasteiger partial charge in [-0.15, -0.1) is 0 Å². The molecule has 0 bridgehead atoms. The van der Waals surface area contributed by atoms with Gasteiger partial charge in [0.15, 0.2) is 5.60 Å². The highest BCUT2D eigenvalue weighted by molar-refractivity contribution is 6.30. The van der Waals surface area contributed by atoms with Gasteiger partial charge in [0.1, 0.15) is 11.6 Å². The second-order valence-electron chi connectivity index (χ2n) is 8.21. The zero-order chi connectivity index (χ0) is 21.3. The van der Waals surface area contributed by atoms with Crippen molar-refractivity contribution in [3.63, 3.8) is 0 Å². The first kappa shape index (κ1) is 20.7. The lowest BCUT2D eigenvalue weighted by atomic mass is 10.1. The van der Waals surface area contributed by atoms with Crippen molar-refractivity contribution in [2.75, 3.05) is 26.2 Å². The highest BCUT2D eigenvalue weighted by atomic mass is 35.5. The van der Waals surface area contributed by atoms with Crippen LogP contribution in [-0.2, 0) is 18.4 Å². The van der Waals surface area contributed by atoms with E-state index in [1.807, 2.05) is 36.9 Å². The van der Waals surface area contributed by atoms with Crippen LogP contribution < -0.4 is 4.74 Å². The van der Waals surface area contributed by atoms with Crippen LogP contribution in [0.15, 0.2) is 48.5 Å². The highest BCUT2D eigenvalue weighted by Gasteiger charge is 2.35. The van der Waals surface area contributed by atoms with E-state index in [4.69, 9.17) is 21.3 Å². The second-order valence-corrected chi connectivity index (χ2v) is 8.65. The number of piperazine rings is 1. The molecule has 0 spiro atoms. The van der Waals surface area contributed by atoms with Crippen LogP contribution in [0.5, 0.6) is 5.75 Å². The number of para-hydroxylation sites is 2. The maximum Gasteiger partial charge on any atom is 0.266 e. The fourth-order valence-corrected chi connectivity index (χ4v) is 3.99. The first-order valence-corrected chi connectivity index (χ1v) is 10.6. The number of aryl methyl sites for hydroxylation is 1. The summed E-state index contributed by atoms with van der Waals surface area (Å²) in [7, 11) is 2.06. The molecule has 158 valence electrons. The maximum atomic E-state index is 13.1. The van der Waals surface area contributed by atoms with Gasteiger partial charge in [-0.25, -0.2) is 4.98 Å². The first-order chi connectivity index (χ1) is 14.3. The summed E-state index contributed by atoms with van der Waals surface area (Å²) < 4.78 is 8.12. The third-order valence-electron chi connectivity index (χ3n) is 5.61. The van der Waals surface area contributed by atoms with Gasteiger partial charge >= 0.3 is 0 Å². The summed E-state index contributed by atoms with van der Waals surface area (Å²) in [5.74, 6) is 1.68. The van der Waals surface area contributed by atoms with E-state index in [2.05, 4.69) is 22.6 Å². The number of aromatic nitrogens is 2. The number of hydrogen-bond acceptors (Lipinski definition) is 4. The molecule has 0 saturated carbocycles. The fraction of sp³-hybridized carbons (Fsp3) is 0.391. The summed E-state index contributed by atoms with van der Waals surface area (Å²) in [5.41, 5.74) is 1.22. The van der Waals surface area contributed by atoms with Crippen molar-refractivity contribution in [1.29, 1.82) is 0 Å². The molecule has 2 heterocycles. The van der Waals surface area contributed by atoms with Gasteiger partial charge in [0.05, 0.1) is 17.6 Å². The van der Waals surface area contributed by atoms with Crippen LogP contribution in [0.2, 0.25) is 5.02 Å². The Kier molecular flexibility index (Phi) is 5.71. The molecule has 0 atom stereocenters. The Labute approximate surface area is 182 Å². The van der Waals surface area contributed by atoms with E-state index in [0.717, 1.165) is 36.5 Å². The number of ether oxygens (including phenoxy) is 1. The second kappa shape index (κ2) is 8.28. The average molecular weight is 427 g/mol. The van der Waals surface area contributed by atoms with Crippen molar-refractivity contribution in [3.8, 4) is 5.75 Å². The van der Waals surface area contributed by atoms with Gasteiger partial charge in [-0.3, -0.25) is 9.69 Å². The van der Waals surface area contributed by atoms with E-state index < -0.39 is 5.60 Å². The van der Waals surface area contributed by atoms with E-state index in [1.165, 1.54) is 0 Å². The Balaban J connectivity index is 1.35. The lowest BCUT2D eigenvalue weighted by Gasteiger charge is -2.38. The number of amides is 1. The Hall–Kier alpha value is -2.57. The quantitative estimate of drug-likeness (QED) is 0.623. The third kappa shape index (κ3) is 4.30. The molecular weight excluding hydrogens is 400 g/mol. The summed E-state index contributed by atoms with van der Waals surface area (Å²) in [5, 5.41) is 0.642. The monoisotopic (exact) mass is 426 g/mol. The molecular formula is C23H27ClN4O2. The van der Waals surface area contributed by atoms with E-state index in [0.29, 0.717) is 23.9 Å². The molecule has 1 aromatic heterocycles. The van der Waals surface area contributed by atoms with Crippen LogP contribution in [0.25, 0.3) is 11.0 Å².